The first-order valence-electron chi connectivity index (χ1n) is 6.84. The Labute approximate surface area is 118 Å². The number of hydrogen-bond acceptors (Lipinski definition) is 3. The van der Waals surface area contributed by atoms with Crippen LogP contribution >= 0.6 is 0 Å². The zero-order valence-corrected chi connectivity index (χ0v) is 11.8. The fourth-order valence-electron chi connectivity index (χ4n) is 2.92. The Hall–Kier alpha value is -2.04. The van der Waals surface area contributed by atoms with Gasteiger partial charge in [-0.1, -0.05) is 18.6 Å². The van der Waals surface area contributed by atoms with E-state index in [1.807, 2.05) is 13.0 Å². The molecule has 0 bridgehead atoms. The average molecular weight is 276 g/mol. The fourth-order valence-corrected chi connectivity index (χ4v) is 2.92. The molecule has 3 N–H and O–H groups in total. The van der Waals surface area contributed by atoms with E-state index in [1.165, 1.54) is 4.90 Å². The van der Waals surface area contributed by atoms with Gasteiger partial charge in [0.05, 0.1) is 5.56 Å². The number of aryl methyl sites for hydroxylation is 1. The molecule has 0 saturated carbocycles. The maximum absolute atomic E-state index is 12.7. The zero-order valence-electron chi connectivity index (χ0n) is 11.8. The largest absolute Gasteiger partial charge is 0.479 e. The molecule has 1 fully saturated rings. The van der Waals surface area contributed by atoms with Gasteiger partial charge < -0.3 is 15.7 Å². The number of nitrogens with two attached hydrogens (primary N) is 1. The van der Waals surface area contributed by atoms with E-state index in [1.54, 1.807) is 19.1 Å². The van der Waals surface area contributed by atoms with Gasteiger partial charge >= 0.3 is 5.97 Å². The third kappa shape index (κ3) is 2.13. The number of carboxylic acid groups (broad SMARTS) is 1. The molecule has 5 nitrogen and oxygen atoms in total. The lowest BCUT2D eigenvalue weighted by Gasteiger charge is -2.34. The third-order valence-corrected chi connectivity index (χ3v) is 4.16. The van der Waals surface area contributed by atoms with Crippen molar-refractivity contribution in [1.82, 2.24) is 4.90 Å². The quantitative estimate of drug-likeness (QED) is 0.827. The van der Waals surface area contributed by atoms with Gasteiger partial charge in [-0.3, -0.25) is 4.79 Å². The molecule has 1 heterocycles. The zero-order chi connectivity index (χ0) is 14.9. The van der Waals surface area contributed by atoms with Crippen LogP contribution in [0.2, 0.25) is 0 Å². The molecule has 0 spiro atoms. The molecule has 0 aliphatic carbocycles. The lowest BCUT2D eigenvalue weighted by Crippen LogP contribution is -2.52. The summed E-state index contributed by atoms with van der Waals surface area (Å²) in [6.45, 7) is 4.15. The molecule has 1 unspecified atom stereocenters. The van der Waals surface area contributed by atoms with Crippen LogP contribution in [0.3, 0.4) is 0 Å². The molecule has 108 valence electrons. The lowest BCUT2D eigenvalue weighted by molar-refractivity contribution is -0.148. The molecule has 2 rings (SSSR count). The number of aliphatic carboxylic acids is 1. The molecule has 1 saturated heterocycles. The van der Waals surface area contributed by atoms with Crippen molar-refractivity contribution in [1.29, 1.82) is 0 Å². The molecule has 1 atom stereocenters. The van der Waals surface area contributed by atoms with Crippen molar-refractivity contribution in [2.75, 3.05) is 12.3 Å². The molecule has 1 aromatic carbocycles. The van der Waals surface area contributed by atoms with Crippen molar-refractivity contribution in [3.63, 3.8) is 0 Å². The van der Waals surface area contributed by atoms with Crippen LogP contribution < -0.4 is 5.73 Å². The van der Waals surface area contributed by atoms with E-state index in [0.717, 1.165) is 5.56 Å². The first-order valence-corrected chi connectivity index (χ1v) is 6.84. The number of amides is 1. The fraction of sp³-hybridized carbons (Fsp3) is 0.467. The van der Waals surface area contributed by atoms with Gasteiger partial charge in [0.2, 0.25) is 0 Å². The first-order chi connectivity index (χ1) is 9.42. The van der Waals surface area contributed by atoms with Gasteiger partial charge in [0, 0.05) is 12.2 Å². The molecular formula is C15H20N2O3. The van der Waals surface area contributed by atoms with E-state index in [-0.39, 0.29) is 5.91 Å². The van der Waals surface area contributed by atoms with Gasteiger partial charge in [-0.25, -0.2) is 4.79 Å². The van der Waals surface area contributed by atoms with Crippen LogP contribution in [0.4, 0.5) is 5.69 Å². The van der Waals surface area contributed by atoms with Gasteiger partial charge in [0.25, 0.3) is 5.91 Å². The van der Waals surface area contributed by atoms with Crippen LogP contribution in [0, 0.1) is 6.92 Å². The highest BCUT2D eigenvalue weighted by atomic mass is 16.4. The van der Waals surface area contributed by atoms with Crippen molar-refractivity contribution >= 4 is 17.6 Å². The van der Waals surface area contributed by atoms with Crippen molar-refractivity contribution in [2.24, 2.45) is 0 Å². The second-order valence-electron chi connectivity index (χ2n) is 5.34. The van der Waals surface area contributed by atoms with E-state index in [4.69, 9.17) is 5.73 Å². The average Bonchev–Trinajstić information content (AvgIpc) is 2.85. The summed E-state index contributed by atoms with van der Waals surface area (Å²) in [4.78, 5) is 25.8. The number of nitrogens with zero attached hydrogens (tertiary/aromatic N) is 1. The first kappa shape index (κ1) is 14.4. The predicted molar refractivity (Wildman–Crippen MR) is 76.5 cm³/mol. The van der Waals surface area contributed by atoms with E-state index in [0.29, 0.717) is 37.1 Å². The number of carbonyl (C=O) groups excluding carboxylic acids is 1. The second kappa shape index (κ2) is 5.15. The van der Waals surface area contributed by atoms with Gasteiger partial charge in [0.1, 0.15) is 5.54 Å². The summed E-state index contributed by atoms with van der Waals surface area (Å²) < 4.78 is 0. The molecule has 1 aliphatic heterocycles. The van der Waals surface area contributed by atoms with Gasteiger partial charge in [-0.15, -0.1) is 0 Å². The maximum Gasteiger partial charge on any atom is 0.329 e. The summed E-state index contributed by atoms with van der Waals surface area (Å²) in [5, 5.41) is 9.53. The van der Waals surface area contributed by atoms with E-state index < -0.39 is 11.5 Å². The van der Waals surface area contributed by atoms with Gasteiger partial charge in [0.15, 0.2) is 0 Å². The monoisotopic (exact) mass is 276 g/mol. The number of likely N-dealkylation sites (tertiary alicyclic amines) is 1. The van der Waals surface area contributed by atoms with Crippen LogP contribution in [0.25, 0.3) is 0 Å². The number of rotatable bonds is 3. The summed E-state index contributed by atoms with van der Waals surface area (Å²) in [5.41, 5.74) is 6.49. The standard InChI is InChI=1S/C15H20N2O3/c1-3-15(14(19)20)7-4-8-17(15)13(18)11-9-10(2)5-6-12(11)16/h5-6,9H,3-4,7-8,16H2,1-2H3,(H,19,20). The number of carbonyl (C=O) groups is 2. The lowest BCUT2D eigenvalue weighted by atomic mass is 9.92. The highest BCUT2D eigenvalue weighted by Crippen LogP contribution is 2.34. The molecule has 1 aromatic rings. The molecule has 1 amide bonds. The van der Waals surface area contributed by atoms with Crippen molar-refractivity contribution in [2.45, 2.75) is 38.6 Å². The Morgan fingerprint density at radius 3 is 2.75 bits per heavy atom. The Morgan fingerprint density at radius 2 is 2.15 bits per heavy atom. The minimum Gasteiger partial charge on any atom is -0.479 e. The minimum atomic E-state index is -1.09. The molecular weight excluding hydrogens is 256 g/mol. The third-order valence-electron chi connectivity index (χ3n) is 4.16. The van der Waals surface area contributed by atoms with E-state index in [9.17, 15) is 14.7 Å². The highest BCUT2D eigenvalue weighted by Gasteiger charge is 2.48. The van der Waals surface area contributed by atoms with Crippen LogP contribution in [0.5, 0.6) is 0 Å². The Kier molecular flexibility index (Phi) is 3.70. The van der Waals surface area contributed by atoms with Crippen LogP contribution in [-0.2, 0) is 4.79 Å². The molecule has 5 heteroatoms. The highest BCUT2D eigenvalue weighted by molar-refractivity contribution is 6.02. The number of nitrogen functional groups attached to an aromatic ring is 1. The summed E-state index contributed by atoms with van der Waals surface area (Å²) >= 11 is 0. The van der Waals surface area contributed by atoms with Crippen LogP contribution in [0.15, 0.2) is 18.2 Å². The Bertz CT molecular complexity index is 556. The topological polar surface area (TPSA) is 83.6 Å². The van der Waals surface area contributed by atoms with Crippen molar-refractivity contribution in [3.05, 3.63) is 29.3 Å². The molecule has 20 heavy (non-hydrogen) atoms. The minimum absolute atomic E-state index is 0.284. The predicted octanol–water partition coefficient (Wildman–Crippen LogP) is 2.05. The summed E-state index contributed by atoms with van der Waals surface area (Å²) in [7, 11) is 0. The number of anilines is 1. The summed E-state index contributed by atoms with van der Waals surface area (Å²) in [5.74, 6) is -1.22. The Balaban J connectivity index is 2.42. The number of benzene rings is 1. The van der Waals surface area contributed by atoms with Crippen LogP contribution in [-0.4, -0.2) is 34.0 Å². The molecule has 0 aromatic heterocycles. The van der Waals surface area contributed by atoms with Crippen LogP contribution in [0.1, 0.15) is 42.1 Å². The number of carboxylic acids is 1. The molecule has 0 radical (unpaired) electrons. The SMILES string of the molecule is CCC1(C(=O)O)CCCN1C(=O)c1cc(C)ccc1N. The Morgan fingerprint density at radius 1 is 1.45 bits per heavy atom. The second-order valence-corrected chi connectivity index (χ2v) is 5.34. The van der Waals surface area contributed by atoms with E-state index in [2.05, 4.69) is 0 Å². The van der Waals surface area contributed by atoms with E-state index >= 15 is 0 Å². The maximum atomic E-state index is 12.7. The summed E-state index contributed by atoms with van der Waals surface area (Å²) in [6.07, 6.45) is 1.60. The smallest absolute Gasteiger partial charge is 0.329 e. The van der Waals surface area contributed by atoms with Gasteiger partial charge in [-0.05, 0) is 38.3 Å². The van der Waals surface area contributed by atoms with Crippen molar-refractivity contribution < 1.29 is 14.7 Å². The normalized spacial score (nSPS) is 22.0. The van der Waals surface area contributed by atoms with Crippen molar-refractivity contribution in [3.8, 4) is 0 Å². The van der Waals surface area contributed by atoms with Gasteiger partial charge in [-0.2, -0.15) is 0 Å². The summed E-state index contributed by atoms with van der Waals surface area (Å²) in [6, 6.07) is 5.24. The number of hydrogen-bond donors (Lipinski definition) is 2. The molecule has 1 aliphatic rings.